The molecule has 2 radical (unpaired) electrons. The van der Waals surface area contributed by atoms with E-state index < -0.39 is 0 Å². The summed E-state index contributed by atoms with van der Waals surface area (Å²) in [5, 5.41) is 3.01. The average molecular weight is 208 g/mol. The first-order valence-corrected chi connectivity index (χ1v) is 6.24. The summed E-state index contributed by atoms with van der Waals surface area (Å²) in [4.78, 5) is 0. The highest BCUT2D eigenvalue weighted by Crippen LogP contribution is 2.25. The zero-order valence-corrected chi connectivity index (χ0v) is 9.96. The first kappa shape index (κ1) is 8.92. The third kappa shape index (κ3) is 1.20. The van der Waals surface area contributed by atoms with Gasteiger partial charge in [-0.3, -0.25) is 0 Å². The molecular weight excluding hydrogens is 196 g/mol. The molecule has 0 N–H and O–H groups in total. The first-order valence-electron chi connectivity index (χ1n) is 5.24. The molecule has 3 rings (SSSR count). The molecule has 1 aliphatic heterocycles. The summed E-state index contributed by atoms with van der Waals surface area (Å²) in [5.41, 5.74) is 5.79. The first-order chi connectivity index (χ1) is 7.27. The number of benzene rings is 2. The van der Waals surface area contributed by atoms with Crippen molar-refractivity contribution < 1.29 is 0 Å². The van der Waals surface area contributed by atoms with Gasteiger partial charge in [0.25, 0.3) is 0 Å². The van der Waals surface area contributed by atoms with E-state index in [1.54, 1.807) is 0 Å². The molecule has 1 aliphatic rings. The molecule has 0 atom stereocenters. The summed E-state index contributed by atoms with van der Waals surface area (Å²) in [6.07, 6.45) is 0. The molecule has 1 heterocycles. The minimum Gasteiger partial charge on any atom is -0.0625 e. The zero-order chi connectivity index (χ0) is 10.4. The summed E-state index contributed by atoms with van der Waals surface area (Å²) in [5.74, 6) is 0. The molecule has 2 aromatic carbocycles. The van der Waals surface area contributed by atoms with Crippen LogP contribution in [0.5, 0.6) is 0 Å². The third-order valence-corrected chi connectivity index (χ3v) is 4.59. The van der Waals surface area contributed by atoms with E-state index in [0.29, 0.717) is 0 Å². The maximum atomic E-state index is 2.29. The highest BCUT2D eigenvalue weighted by atomic mass is 28.2. The third-order valence-electron chi connectivity index (χ3n) is 3.20. The van der Waals surface area contributed by atoms with Gasteiger partial charge in [-0.1, -0.05) is 46.8 Å². The molecule has 0 saturated heterocycles. The smallest absolute Gasteiger partial charge is 0.0625 e. The lowest BCUT2D eigenvalue weighted by Gasteiger charge is -2.08. The van der Waals surface area contributed by atoms with Gasteiger partial charge in [-0.25, -0.2) is 0 Å². The van der Waals surface area contributed by atoms with Crippen LogP contribution in [-0.2, 0) is 0 Å². The Morgan fingerprint density at radius 2 is 1.67 bits per heavy atom. The minimum absolute atomic E-state index is 0.844. The molecule has 15 heavy (non-hydrogen) atoms. The van der Waals surface area contributed by atoms with E-state index in [1.807, 2.05) is 0 Å². The van der Waals surface area contributed by atoms with Gasteiger partial charge >= 0.3 is 0 Å². The molecule has 0 amide bonds. The van der Waals surface area contributed by atoms with Crippen LogP contribution in [0, 0.1) is 13.8 Å². The van der Waals surface area contributed by atoms with E-state index in [-0.39, 0.29) is 0 Å². The second kappa shape index (κ2) is 3.07. The van der Waals surface area contributed by atoms with Gasteiger partial charge in [-0.15, -0.1) is 0 Å². The van der Waals surface area contributed by atoms with Crippen LogP contribution in [-0.4, -0.2) is 9.52 Å². The van der Waals surface area contributed by atoms with E-state index in [1.165, 1.54) is 32.6 Å². The molecule has 0 unspecified atom stereocenters. The van der Waals surface area contributed by atoms with Crippen molar-refractivity contribution in [1.29, 1.82) is 0 Å². The van der Waals surface area contributed by atoms with Crippen LogP contribution in [0.4, 0.5) is 0 Å². The Hall–Kier alpha value is -1.34. The molecule has 0 saturated carbocycles. The summed E-state index contributed by atoms with van der Waals surface area (Å²) in [6, 6.07) is 13.3. The predicted molar refractivity (Wildman–Crippen MR) is 66.4 cm³/mol. The molecule has 0 aromatic heterocycles. The number of fused-ring (bicyclic) bond motifs is 3. The lowest BCUT2D eigenvalue weighted by atomic mass is 9.97. The minimum atomic E-state index is 0.844. The normalized spacial score (nSPS) is 12.4. The van der Waals surface area contributed by atoms with Gasteiger partial charge < -0.3 is 0 Å². The standard InChI is InChI=1S/C14H12Si/c1-9-7-8-13-14(10(9)2)11-5-3-4-6-12(11)15-13/h3-8H,1-2H3. The van der Waals surface area contributed by atoms with Crippen molar-refractivity contribution in [2.75, 3.05) is 0 Å². The van der Waals surface area contributed by atoms with E-state index in [4.69, 9.17) is 0 Å². The van der Waals surface area contributed by atoms with Crippen LogP contribution in [0.25, 0.3) is 11.1 Å². The Balaban J connectivity index is 2.36. The second-order valence-corrected chi connectivity index (χ2v) is 5.43. The van der Waals surface area contributed by atoms with Crippen molar-refractivity contribution in [1.82, 2.24) is 0 Å². The molecule has 0 aliphatic carbocycles. The van der Waals surface area contributed by atoms with Gasteiger partial charge in [0, 0.05) is 0 Å². The number of aryl methyl sites for hydroxylation is 1. The van der Waals surface area contributed by atoms with Crippen LogP contribution >= 0.6 is 0 Å². The Labute approximate surface area is 92.8 Å². The second-order valence-electron chi connectivity index (χ2n) is 4.10. The lowest BCUT2D eigenvalue weighted by molar-refractivity contribution is 1.36. The van der Waals surface area contributed by atoms with Gasteiger partial charge in [0.1, 0.15) is 9.52 Å². The summed E-state index contributed by atoms with van der Waals surface area (Å²) in [6.45, 7) is 4.43. The molecule has 2 aromatic rings. The van der Waals surface area contributed by atoms with E-state index in [2.05, 4.69) is 50.2 Å². The monoisotopic (exact) mass is 208 g/mol. The molecule has 0 nitrogen and oxygen atoms in total. The highest BCUT2D eigenvalue weighted by molar-refractivity contribution is 6.73. The molecular formula is C14H12Si. The number of rotatable bonds is 0. The van der Waals surface area contributed by atoms with Crippen LogP contribution in [0.1, 0.15) is 11.1 Å². The largest absolute Gasteiger partial charge is 0.123 e. The van der Waals surface area contributed by atoms with Gasteiger partial charge in [0.05, 0.1) is 0 Å². The Morgan fingerprint density at radius 1 is 0.867 bits per heavy atom. The maximum absolute atomic E-state index is 2.29. The fourth-order valence-electron chi connectivity index (χ4n) is 2.22. The topological polar surface area (TPSA) is 0 Å². The Kier molecular flexibility index (Phi) is 1.83. The van der Waals surface area contributed by atoms with Gasteiger partial charge in [0.15, 0.2) is 0 Å². The van der Waals surface area contributed by atoms with Crippen molar-refractivity contribution in [3.63, 3.8) is 0 Å². The predicted octanol–water partition coefficient (Wildman–Crippen LogP) is 1.94. The zero-order valence-electron chi connectivity index (χ0n) is 8.96. The van der Waals surface area contributed by atoms with Crippen LogP contribution < -0.4 is 10.4 Å². The summed E-state index contributed by atoms with van der Waals surface area (Å²) < 4.78 is 0. The van der Waals surface area contributed by atoms with E-state index in [9.17, 15) is 0 Å². The highest BCUT2D eigenvalue weighted by Gasteiger charge is 2.20. The fourth-order valence-corrected chi connectivity index (χ4v) is 3.65. The SMILES string of the molecule is Cc1ccc2c(c1C)-c1ccccc1[Si]2. The summed E-state index contributed by atoms with van der Waals surface area (Å²) in [7, 11) is 0.844. The molecule has 72 valence electrons. The van der Waals surface area contributed by atoms with Crippen molar-refractivity contribution >= 4 is 19.9 Å². The van der Waals surface area contributed by atoms with Crippen molar-refractivity contribution in [3.8, 4) is 11.1 Å². The van der Waals surface area contributed by atoms with Gasteiger partial charge in [-0.05, 0) is 36.1 Å². The van der Waals surface area contributed by atoms with Crippen LogP contribution in [0.15, 0.2) is 36.4 Å². The maximum Gasteiger partial charge on any atom is 0.123 e. The fraction of sp³-hybridized carbons (Fsp3) is 0.143. The van der Waals surface area contributed by atoms with Crippen molar-refractivity contribution in [2.45, 2.75) is 13.8 Å². The number of hydrogen-bond acceptors (Lipinski definition) is 0. The van der Waals surface area contributed by atoms with Crippen LogP contribution in [0.2, 0.25) is 0 Å². The molecule has 0 bridgehead atoms. The quantitative estimate of drug-likeness (QED) is 0.495. The van der Waals surface area contributed by atoms with E-state index >= 15 is 0 Å². The van der Waals surface area contributed by atoms with Crippen LogP contribution in [0.3, 0.4) is 0 Å². The average Bonchev–Trinajstić information content (AvgIpc) is 2.62. The molecule has 0 fully saturated rings. The molecule has 1 heteroatoms. The molecule has 0 spiro atoms. The Morgan fingerprint density at radius 3 is 2.53 bits per heavy atom. The lowest BCUT2D eigenvalue weighted by Crippen LogP contribution is -2.20. The van der Waals surface area contributed by atoms with Crippen molar-refractivity contribution in [2.24, 2.45) is 0 Å². The van der Waals surface area contributed by atoms with Crippen molar-refractivity contribution in [3.05, 3.63) is 47.5 Å². The summed E-state index contributed by atoms with van der Waals surface area (Å²) >= 11 is 0. The number of hydrogen-bond donors (Lipinski definition) is 0. The van der Waals surface area contributed by atoms with Gasteiger partial charge in [-0.2, -0.15) is 0 Å². The van der Waals surface area contributed by atoms with Gasteiger partial charge in [0.2, 0.25) is 0 Å². The van der Waals surface area contributed by atoms with E-state index in [0.717, 1.165) is 9.52 Å². The Bertz CT molecular complexity index is 541.